The summed E-state index contributed by atoms with van der Waals surface area (Å²) >= 11 is 0. The number of para-hydroxylation sites is 1. The monoisotopic (exact) mass is 333 g/mol. The molecule has 1 saturated heterocycles. The Morgan fingerprint density at radius 1 is 1.08 bits per heavy atom. The maximum atomic E-state index is 12.2. The zero-order valence-electron chi connectivity index (χ0n) is 14.1. The molecule has 7 heteroatoms. The minimum absolute atomic E-state index is 0.0428. The summed E-state index contributed by atoms with van der Waals surface area (Å²) in [6.07, 6.45) is 0.329. The van der Waals surface area contributed by atoms with Gasteiger partial charge in [0, 0.05) is 51.8 Å². The summed E-state index contributed by atoms with van der Waals surface area (Å²) in [4.78, 5) is 38.7. The SMILES string of the molecule is COC(=O)c1ccccc1NCCC(=O)N1CCN(C(C)=O)CC1. The molecule has 0 atom stereocenters. The summed E-state index contributed by atoms with van der Waals surface area (Å²) in [6.45, 7) is 4.27. The van der Waals surface area contributed by atoms with Crippen molar-refractivity contribution in [1.29, 1.82) is 0 Å². The maximum absolute atomic E-state index is 12.2. The van der Waals surface area contributed by atoms with Gasteiger partial charge in [-0.3, -0.25) is 9.59 Å². The van der Waals surface area contributed by atoms with Crippen molar-refractivity contribution in [3.05, 3.63) is 29.8 Å². The zero-order chi connectivity index (χ0) is 17.5. The molecule has 0 aliphatic carbocycles. The molecule has 1 fully saturated rings. The number of nitrogens with zero attached hydrogens (tertiary/aromatic N) is 2. The molecule has 7 nitrogen and oxygen atoms in total. The van der Waals surface area contributed by atoms with Crippen LogP contribution in [-0.2, 0) is 14.3 Å². The summed E-state index contributed by atoms with van der Waals surface area (Å²) in [7, 11) is 1.34. The molecule has 0 aromatic heterocycles. The van der Waals surface area contributed by atoms with Crippen molar-refractivity contribution in [2.24, 2.45) is 0 Å². The Morgan fingerprint density at radius 2 is 1.71 bits per heavy atom. The molecule has 0 spiro atoms. The lowest BCUT2D eigenvalue weighted by Crippen LogP contribution is -2.50. The Hall–Kier alpha value is -2.57. The minimum Gasteiger partial charge on any atom is -0.465 e. The molecule has 1 N–H and O–H groups in total. The molecule has 0 unspecified atom stereocenters. The van der Waals surface area contributed by atoms with E-state index in [0.29, 0.717) is 50.4 Å². The molecule has 1 aromatic carbocycles. The number of esters is 1. The highest BCUT2D eigenvalue weighted by Gasteiger charge is 2.22. The Labute approximate surface area is 141 Å². The van der Waals surface area contributed by atoms with Gasteiger partial charge in [-0.1, -0.05) is 12.1 Å². The van der Waals surface area contributed by atoms with Crippen molar-refractivity contribution in [3.63, 3.8) is 0 Å². The lowest BCUT2D eigenvalue weighted by Gasteiger charge is -2.34. The van der Waals surface area contributed by atoms with Crippen LogP contribution in [0.2, 0.25) is 0 Å². The highest BCUT2D eigenvalue weighted by molar-refractivity contribution is 5.95. The number of carbonyl (C=O) groups excluding carboxylic acids is 3. The van der Waals surface area contributed by atoms with E-state index in [0.717, 1.165) is 0 Å². The molecule has 1 aliphatic heterocycles. The lowest BCUT2D eigenvalue weighted by atomic mass is 10.1. The number of hydrogen-bond acceptors (Lipinski definition) is 5. The van der Waals surface area contributed by atoms with E-state index >= 15 is 0 Å². The second-order valence-electron chi connectivity index (χ2n) is 5.60. The van der Waals surface area contributed by atoms with E-state index in [1.54, 1.807) is 34.9 Å². The Bertz CT molecular complexity index is 610. The fraction of sp³-hybridized carbons (Fsp3) is 0.471. The van der Waals surface area contributed by atoms with Gasteiger partial charge >= 0.3 is 5.97 Å². The summed E-state index contributed by atoms with van der Waals surface area (Å²) in [5, 5.41) is 3.11. The van der Waals surface area contributed by atoms with Gasteiger partial charge in [0.05, 0.1) is 12.7 Å². The van der Waals surface area contributed by atoms with Crippen molar-refractivity contribution in [2.45, 2.75) is 13.3 Å². The Balaban J connectivity index is 1.82. The molecule has 24 heavy (non-hydrogen) atoms. The smallest absolute Gasteiger partial charge is 0.339 e. The predicted molar refractivity (Wildman–Crippen MR) is 89.7 cm³/mol. The van der Waals surface area contributed by atoms with Gasteiger partial charge in [0.2, 0.25) is 11.8 Å². The number of carbonyl (C=O) groups is 3. The first kappa shape index (κ1) is 17.8. The van der Waals surface area contributed by atoms with Gasteiger partial charge in [-0.05, 0) is 12.1 Å². The number of hydrogen-bond donors (Lipinski definition) is 1. The highest BCUT2D eigenvalue weighted by atomic mass is 16.5. The van der Waals surface area contributed by atoms with E-state index in [9.17, 15) is 14.4 Å². The Morgan fingerprint density at radius 3 is 2.33 bits per heavy atom. The lowest BCUT2D eigenvalue weighted by molar-refractivity contribution is -0.138. The van der Waals surface area contributed by atoms with E-state index in [-0.39, 0.29) is 11.8 Å². The summed E-state index contributed by atoms with van der Waals surface area (Å²) in [5.41, 5.74) is 1.10. The van der Waals surface area contributed by atoms with Crippen molar-refractivity contribution in [3.8, 4) is 0 Å². The second kappa shape index (κ2) is 8.33. The topological polar surface area (TPSA) is 79.0 Å². The van der Waals surface area contributed by atoms with Crippen LogP contribution in [-0.4, -0.2) is 67.4 Å². The number of anilines is 1. The number of piperazine rings is 1. The number of amides is 2. The molecular formula is C17H23N3O4. The van der Waals surface area contributed by atoms with Crippen LogP contribution < -0.4 is 5.32 Å². The van der Waals surface area contributed by atoms with E-state index in [1.807, 2.05) is 6.07 Å². The first-order valence-electron chi connectivity index (χ1n) is 7.97. The normalized spacial score (nSPS) is 14.2. The Kier molecular flexibility index (Phi) is 6.17. The second-order valence-corrected chi connectivity index (χ2v) is 5.60. The van der Waals surface area contributed by atoms with Crippen LogP contribution >= 0.6 is 0 Å². The maximum Gasteiger partial charge on any atom is 0.339 e. The largest absolute Gasteiger partial charge is 0.465 e. The summed E-state index contributed by atoms with van der Waals surface area (Å²) in [6, 6.07) is 7.04. The molecule has 1 aromatic rings. The molecule has 1 aliphatic rings. The van der Waals surface area contributed by atoms with E-state index in [1.165, 1.54) is 7.11 Å². The van der Waals surface area contributed by atoms with Crippen molar-refractivity contribution < 1.29 is 19.1 Å². The third-order valence-electron chi connectivity index (χ3n) is 4.06. The van der Waals surface area contributed by atoms with Crippen LogP contribution in [0.15, 0.2) is 24.3 Å². The molecule has 0 bridgehead atoms. The number of benzene rings is 1. The quantitative estimate of drug-likeness (QED) is 0.812. The van der Waals surface area contributed by atoms with Gasteiger partial charge in [0.25, 0.3) is 0 Å². The van der Waals surface area contributed by atoms with E-state index in [2.05, 4.69) is 5.32 Å². The van der Waals surface area contributed by atoms with Gasteiger partial charge in [0.1, 0.15) is 0 Å². The molecular weight excluding hydrogens is 310 g/mol. The average molecular weight is 333 g/mol. The van der Waals surface area contributed by atoms with Gasteiger partial charge in [-0.2, -0.15) is 0 Å². The predicted octanol–water partition coefficient (Wildman–Crippen LogP) is 0.966. The van der Waals surface area contributed by atoms with E-state index < -0.39 is 5.97 Å². The van der Waals surface area contributed by atoms with Crippen LogP contribution in [0.25, 0.3) is 0 Å². The fourth-order valence-electron chi connectivity index (χ4n) is 2.66. The fourth-order valence-corrected chi connectivity index (χ4v) is 2.66. The standard InChI is InChI=1S/C17H23N3O4/c1-13(21)19-9-11-20(12-10-19)16(22)7-8-18-15-6-4-3-5-14(15)17(23)24-2/h3-6,18H,7-12H2,1-2H3. The van der Waals surface area contributed by atoms with Crippen LogP contribution in [0.3, 0.4) is 0 Å². The molecule has 2 rings (SSSR count). The minimum atomic E-state index is -0.412. The van der Waals surface area contributed by atoms with Crippen LogP contribution in [0.4, 0.5) is 5.69 Å². The number of nitrogens with one attached hydrogen (secondary N) is 1. The summed E-state index contributed by atoms with van der Waals surface area (Å²) in [5.74, 6) is -0.325. The van der Waals surface area contributed by atoms with E-state index in [4.69, 9.17) is 4.74 Å². The van der Waals surface area contributed by atoms with Gasteiger partial charge in [-0.15, -0.1) is 0 Å². The van der Waals surface area contributed by atoms with Gasteiger partial charge in [-0.25, -0.2) is 4.79 Å². The highest BCUT2D eigenvalue weighted by Crippen LogP contribution is 2.16. The van der Waals surface area contributed by atoms with Crippen molar-refractivity contribution >= 4 is 23.5 Å². The first-order chi connectivity index (χ1) is 11.5. The number of rotatable bonds is 5. The van der Waals surface area contributed by atoms with Crippen molar-refractivity contribution in [1.82, 2.24) is 9.80 Å². The molecule has 0 saturated carbocycles. The number of methoxy groups -OCH3 is 1. The first-order valence-corrected chi connectivity index (χ1v) is 7.97. The van der Waals surface area contributed by atoms with Crippen LogP contribution in [0, 0.1) is 0 Å². The molecule has 130 valence electrons. The zero-order valence-corrected chi connectivity index (χ0v) is 14.1. The van der Waals surface area contributed by atoms with Crippen LogP contribution in [0.1, 0.15) is 23.7 Å². The molecule has 2 amide bonds. The van der Waals surface area contributed by atoms with Gasteiger partial charge in [0.15, 0.2) is 0 Å². The van der Waals surface area contributed by atoms with Crippen molar-refractivity contribution in [2.75, 3.05) is 45.2 Å². The third-order valence-corrected chi connectivity index (χ3v) is 4.06. The molecule has 0 radical (unpaired) electrons. The van der Waals surface area contributed by atoms with Crippen LogP contribution in [0.5, 0.6) is 0 Å². The number of ether oxygens (including phenoxy) is 1. The molecule has 1 heterocycles. The third kappa shape index (κ3) is 4.47. The summed E-state index contributed by atoms with van der Waals surface area (Å²) < 4.78 is 4.74. The van der Waals surface area contributed by atoms with Gasteiger partial charge < -0.3 is 19.9 Å². The average Bonchev–Trinajstić information content (AvgIpc) is 2.61.